The Kier molecular flexibility index (Phi) is 4.55. The number of nitrogens with zero attached hydrogens (tertiary/aromatic N) is 3. The van der Waals surface area contributed by atoms with Gasteiger partial charge in [-0.1, -0.05) is 6.07 Å². The molecule has 19 heavy (non-hydrogen) atoms. The van der Waals surface area contributed by atoms with Crippen molar-refractivity contribution < 1.29 is 0 Å². The van der Waals surface area contributed by atoms with E-state index < -0.39 is 0 Å². The number of guanidine groups is 1. The van der Waals surface area contributed by atoms with Crippen molar-refractivity contribution >= 4 is 5.96 Å². The lowest BCUT2D eigenvalue weighted by molar-refractivity contribution is 0.745. The van der Waals surface area contributed by atoms with Gasteiger partial charge in [0, 0.05) is 32.2 Å². The molecule has 0 bridgehead atoms. The summed E-state index contributed by atoms with van der Waals surface area (Å²) >= 11 is 0. The highest BCUT2D eigenvalue weighted by Gasteiger charge is 2.01. The minimum absolute atomic E-state index is 0.660. The fraction of sp³-hybridized carbons (Fsp3) is 0.286. The molecular weight excluding hydrogens is 238 g/mol. The van der Waals surface area contributed by atoms with Gasteiger partial charge in [0.1, 0.15) is 0 Å². The molecule has 2 heterocycles. The van der Waals surface area contributed by atoms with Crippen LogP contribution in [-0.4, -0.2) is 22.6 Å². The standard InChI is InChI=1S/C14H19N5/c1-15-14(17-10-12-6-3-4-8-16-12)18-11-13-7-5-9-19(13)2/h3-9H,10-11H2,1-2H3,(H2,15,17,18). The third-order valence-electron chi connectivity index (χ3n) is 2.87. The minimum Gasteiger partial charge on any atom is -0.353 e. The van der Waals surface area contributed by atoms with Crippen LogP contribution in [0.3, 0.4) is 0 Å². The smallest absolute Gasteiger partial charge is 0.191 e. The van der Waals surface area contributed by atoms with Crippen molar-refractivity contribution in [2.45, 2.75) is 13.1 Å². The normalized spacial score (nSPS) is 11.4. The highest BCUT2D eigenvalue weighted by Crippen LogP contribution is 1.98. The number of pyridine rings is 1. The molecule has 0 saturated heterocycles. The Balaban J connectivity index is 1.83. The number of hydrogen-bond donors (Lipinski definition) is 2. The van der Waals surface area contributed by atoms with E-state index in [1.54, 1.807) is 13.2 Å². The second-order valence-corrected chi connectivity index (χ2v) is 4.21. The Hall–Kier alpha value is -2.30. The zero-order valence-corrected chi connectivity index (χ0v) is 11.3. The molecule has 0 unspecified atom stereocenters. The number of aromatic nitrogens is 2. The van der Waals surface area contributed by atoms with Gasteiger partial charge in [-0.25, -0.2) is 0 Å². The Morgan fingerprint density at radius 1 is 1.21 bits per heavy atom. The molecule has 2 aromatic heterocycles. The van der Waals surface area contributed by atoms with Gasteiger partial charge in [-0.2, -0.15) is 0 Å². The van der Waals surface area contributed by atoms with Crippen LogP contribution >= 0.6 is 0 Å². The average molecular weight is 257 g/mol. The van der Waals surface area contributed by atoms with Crippen LogP contribution in [0.1, 0.15) is 11.4 Å². The second kappa shape index (κ2) is 6.58. The quantitative estimate of drug-likeness (QED) is 0.641. The van der Waals surface area contributed by atoms with Crippen LogP contribution in [0.2, 0.25) is 0 Å². The summed E-state index contributed by atoms with van der Waals surface area (Å²) in [5, 5.41) is 6.51. The van der Waals surface area contributed by atoms with Crippen molar-refractivity contribution in [2.24, 2.45) is 12.0 Å². The molecule has 0 atom stereocenters. The van der Waals surface area contributed by atoms with Crippen molar-refractivity contribution in [2.75, 3.05) is 7.05 Å². The number of hydrogen-bond acceptors (Lipinski definition) is 2. The first-order valence-electron chi connectivity index (χ1n) is 6.24. The molecule has 0 radical (unpaired) electrons. The van der Waals surface area contributed by atoms with Crippen molar-refractivity contribution in [1.82, 2.24) is 20.2 Å². The Morgan fingerprint density at radius 2 is 2.05 bits per heavy atom. The van der Waals surface area contributed by atoms with Crippen LogP contribution in [0.5, 0.6) is 0 Å². The van der Waals surface area contributed by atoms with Crippen molar-refractivity contribution in [3.05, 3.63) is 54.1 Å². The Bertz CT molecular complexity index is 530. The maximum absolute atomic E-state index is 4.26. The van der Waals surface area contributed by atoms with Gasteiger partial charge >= 0.3 is 0 Å². The molecule has 100 valence electrons. The summed E-state index contributed by atoms with van der Waals surface area (Å²) in [6.07, 6.45) is 3.82. The van der Waals surface area contributed by atoms with E-state index in [1.807, 2.05) is 37.5 Å². The summed E-state index contributed by atoms with van der Waals surface area (Å²) in [6, 6.07) is 9.98. The van der Waals surface area contributed by atoms with Gasteiger partial charge in [0.2, 0.25) is 0 Å². The highest BCUT2D eigenvalue weighted by atomic mass is 15.2. The Morgan fingerprint density at radius 3 is 2.68 bits per heavy atom. The lowest BCUT2D eigenvalue weighted by Crippen LogP contribution is -2.36. The van der Waals surface area contributed by atoms with Gasteiger partial charge < -0.3 is 15.2 Å². The lowest BCUT2D eigenvalue weighted by Gasteiger charge is -2.12. The zero-order chi connectivity index (χ0) is 13.5. The van der Waals surface area contributed by atoms with Gasteiger partial charge in [-0.3, -0.25) is 9.98 Å². The lowest BCUT2D eigenvalue weighted by atomic mass is 10.3. The molecule has 0 spiro atoms. The summed E-state index contributed by atoms with van der Waals surface area (Å²) in [5.74, 6) is 0.770. The van der Waals surface area contributed by atoms with Crippen molar-refractivity contribution in [3.8, 4) is 0 Å². The summed E-state index contributed by atoms with van der Waals surface area (Å²) in [6.45, 7) is 1.40. The highest BCUT2D eigenvalue weighted by molar-refractivity contribution is 5.79. The third-order valence-corrected chi connectivity index (χ3v) is 2.87. The van der Waals surface area contributed by atoms with Crippen LogP contribution in [0.25, 0.3) is 0 Å². The van der Waals surface area contributed by atoms with E-state index in [0.29, 0.717) is 6.54 Å². The van der Waals surface area contributed by atoms with Crippen LogP contribution in [-0.2, 0) is 20.1 Å². The van der Waals surface area contributed by atoms with Gasteiger partial charge in [0.25, 0.3) is 0 Å². The van der Waals surface area contributed by atoms with Crippen LogP contribution < -0.4 is 10.6 Å². The summed E-state index contributed by atoms with van der Waals surface area (Å²) in [4.78, 5) is 8.45. The minimum atomic E-state index is 0.660. The maximum atomic E-state index is 4.26. The van der Waals surface area contributed by atoms with E-state index in [1.165, 1.54) is 5.69 Å². The van der Waals surface area contributed by atoms with Gasteiger partial charge in [0.05, 0.1) is 18.8 Å². The summed E-state index contributed by atoms with van der Waals surface area (Å²) in [5.41, 5.74) is 2.20. The van der Waals surface area contributed by atoms with E-state index in [9.17, 15) is 0 Å². The molecule has 2 rings (SSSR count). The number of aryl methyl sites for hydroxylation is 1. The molecular formula is C14H19N5. The number of aliphatic imine (C=N–C) groups is 1. The fourth-order valence-corrected chi connectivity index (χ4v) is 1.75. The SMILES string of the molecule is CN=C(NCc1ccccn1)NCc1cccn1C. The van der Waals surface area contributed by atoms with E-state index in [2.05, 4.69) is 31.2 Å². The zero-order valence-electron chi connectivity index (χ0n) is 11.3. The maximum Gasteiger partial charge on any atom is 0.191 e. The van der Waals surface area contributed by atoms with E-state index in [-0.39, 0.29) is 0 Å². The molecule has 0 aromatic carbocycles. The first kappa shape index (κ1) is 13.1. The third kappa shape index (κ3) is 3.84. The average Bonchev–Trinajstić information content (AvgIpc) is 2.86. The van der Waals surface area contributed by atoms with Crippen LogP contribution in [0.15, 0.2) is 47.7 Å². The second-order valence-electron chi connectivity index (χ2n) is 4.21. The predicted molar refractivity (Wildman–Crippen MR) is 76.7 cm³/mol. The van der Waals surface area contributed by atoms with E-state index in [0.717, 1.165) is 18.2 Å². The van der Waals surface area contributed by atoms with Gasteiger partial charge in [-0.05, 0) is 24.3 Å². The summed E-state index contributed by atoms with van der Waals surface area (Å²) in [7, 11) is 3.79. The Labute approximate surface area is 113 Å². The first-order valence-corrected chi connectivity index (χ1v) is 6.24. The topological polar surface area (TPSA) is 54.2 Å². The first-order chi connectivity index (χ1) is 9.29. The van der Waals surface area contributed by atoms with Crippen molar-refractivity contribution in [3.63, 3.8) is 0 Å². The molecule has 0 aliphatic rings. The molecule has 5 nitrogen and oxygen atoms in total. The van der Waals surface area contributed by atoms with E-state index in [4.69, 9.17) is 0 Å². The molecule has 0 amide bonds. The van der Waals surface area contributed by atoms with Crippen molar-refractivity contribution in [1.29, 1.82) is 0 Å². The fourth-order valence-electron chi connectivity index (χ4n) is 1.75. The van der Waals surface area contributed by atoms with E-state index >= 15 is 0 Å². The molecule has 0 aliphatic heterocycles. The number of rotatable bonds is 4. The predicted octanol–water partition coefficient (Wildman–Crippen LogP) is 1.29. The molecule has 0 fully saturated rings. The van der Waals surface area contributed by atoms with Gasteiger partial charge in [0.15, 0.2) is 5.96 Å². The van der Waals surface area contributed by atoms with Gasteiger partial charge in [-0.15, -0.1) is 0 Å². The monoisotopic (exact) mass is 257 g/mol. The molecule has 5 heteroatoms. The van der Waals surface area contributed by atoms with Crippen LogP contribution in [0, 0.1) is 0 Å². The molecule has 0 aliphatic carbocycles. The molecule has 2 N–H and O–H groups in total. The molecule has 0 saturated carbocycles. The largest absolute Gasteiger partial charge is 0.353 e. The number of nitrogens with one attached hydrogen (secondary N) is 2. The van der Waals surface area contributed by atoms with Crippen LogP contribution in [0.4, 0.5) is 0 Å². The summed E-state index contributed by atoms with van der Waals surface area (Å²) < 4.78 is 2.08. The molecule has 2 aromatic rings.